The van der Waals surface area contributed by atoms with E-state index in [4.69, 9.17) is 17.3 Å². The van der Waals surface area contributed by atoms with Crippen molar-refractivity contribution in [3.8, 4) is 0 Å². The molecule has 1 aromatic heterocycles. The monoisotopic (exact) mass is 374 g/mol. The fourth-order valence-electron chi connectivity index (χ4n) is 2.05. The van der Waals surface area contributed by atoms with E-state index in [0.717, 1.165) is 16.7 Å². The summed E-state index contributed by atoms with van der Waals surface area (Å²) in [7, 11) is 3.96. The molecule has 2 N–H and O–H groups in total. The molecule has 0 aliphatic rings. The third kappa shape index (κ3) is 3.83. The normalized spacial score (nSPS) is 12.9. The van der Waals surface area contributed by atoms with Crippen LogP contribution < -0.4 is 5.73 Å². The van der Waals surface area contributed by atoms with E-state index < -0.39 is 6.04 Å². The van der Waals surface area contributed by atoms with Crippen LogP contribution in [-0.4, -0.2) is 35.3 Å². The van der Waals surface area contributed by atoms with Crippen molar-refractivity contribution in [2.45, 2.75) is 12.6 Å². The molecule has 0 saturated heterocycles. The topological polar surface area (TPSA) is 47.1 Å². The van der Waals surface area contributed by atoms with Gasteiger partial charge in [-0.15, -0.1) is 0 Å². The van der Waals surface area contributed by atoms with Gasteiger partial charge in [0, 0.05) is 17.1 Å². The zero-order valence-corrected chi connectivity index (χ0v) is 14.2. The first-order valence-corrected chi connectivity index (χ1v) is 7.63. The number of nitrogens with zero attached hydrogens (tertiary/aromatic N) is 3. The summed E-state index contributed by atoms with van der Waals surface area (Å²) in [6.07, 6.45) is 1.67. The minimum Gasteiger partial charge on any atom is -0.319 e. The Kier molecular flexibility index (Phi) is 5.37. The second-order valence-corrected chi connectivity index (χ2v) is 6.34. The Hall–Kier alpha value is -0.950. The van der Waals surface area contributed by atoms with Crippen molar-refractivity contribution in [2.75, 3.05) is 20.6 Å². The second-order valence-electron chi connectivity index (χ2n) is 5.05. The molecular weight excluding hydrogens is 359 g/mol. The van der Waals surface area contributed by atoms with Crippen molar-refractivity contribution in [1.29, 1.82) is 0 Å². The van der Waals surface area contributed by atoms with Gasteiger partial charge in [0.05, 0.1) is 29.0 Å². The number of nitrogens with two attached hydrogens (primary N) is 1. The summed E-state index contributed by atoms with van der Waals surface area (Å²) in [5.41, 5.74) is 7.33. The van der Waals surface area contributed by atoms with Gasteiger partial charge in [0.15, 0.2) is 0 Å². The highest BCUT2D eigenvalue weighted by Gasteiger charge is 2.21. The Bertz CT molecular complexity index is 629. The van der Waals surface area contributed by atoms with E-state index in [-0.39, 0.29) is 5.82 Å². The molecule has 0 amide bonds. The van der Waals surface area contributed by atoms with Crippen LogP contribution in [-0.2, 0) is 6.54 Å². The lowest BCUT2D eigenvalue weighted by molar-refractivity contribution is 0.367. The SMILES string of the molecule is CN(C)CCn1ncc(Br)c1C(N)c1cc(Cl)ccc1F. The summed E-state index contributed by atoms with van der Waals surface area (Å²) < 4.78 is 16.5. The lowest BCUT2D eigenvalue weighted by atomic mass is 10.0. The molecule has 1 aromatic carbocycles. The van der Waals surface area contributed by atoms with Crippen LogP contribution in [0.4, 0.5) is 4.39 Å². The van der Waals surface area contributed by atoms with Crippen LogP contribution in [0.3, 0.4) is 0 Å². The molecule has 7 heteroatoms. The highest BCUT2D eigenvalue weighted by Crippen LogP contribution is 2.29. The van der Waals surface area contributed by atoms with E-state index in [1.807, 2.05) is 19.0 Å². The maximum atomic E-state index is 14.0. The second kappa shape index (κ2) is 6.87. The number of likely N-dealkylation sites (N-methyl/N-ethyl adjacent to an activating group) is 1. The molecular formula is C14H17BrClFN4. The van der Waals surface area contributed by atoms with Gasteiger partial charge >= 0.3 is 0 Å². The van der Waals surface area contributed by atoms with Crippen LogP contribution in [0.2, 0.25) is 5.02 Å². The number of aromatic nitrogens is 2. The first-order chi connectivity index (χ1) is 9.90. The zero-order chi connectivity index (χ0) is 15.6. The van der Waals surface area contributed by atoms with E-state index in [9.17, 15) is 4.39 Å². The third-order valence-electron chi connectivity index (χ3n) is 3.18. The van der Waals surface area contributed by atoms with Crippen molar-refractivity contribution in [3.63, 3.8) is 0 Å². The van der Waals surface area contributed by atoms with Crippen LogP contribution in [0.15, 0.2) is 28.9 Å². The molecule has 21 heavy (non-hydrogen) atoms. The van der Waals surface area contributed by atoms with Gasteiger partial charge in [0.25, 0.3) is 0 Å². The van der Waals surface area contributed by atoms with Gasteiger partial charge in [-0.1, -0.05) is 11.6 Å². The highest BCUT2D eigenvalue weighted by atomic mass is 79.9. The minimum atomic E-state index is -0.636. The average molecular weight is 376 g/mol. The molecule has 2 aromatic rings. The molecule has 0 aliphatic heterocycles. The van der Waals surface area contributed by atoms with E-state index in [1.54, 1.807) is 16.9 Å². The Morgan fingerprint density at radius 3 is 2.86 bits per heavy atom. The highest BCUT2D eigenvalue weighted by molar-refractivity contribution is 9.10. The van der Waals surface area contributed by atoms with Crippen LogP contribution in [0, 0.1) is 5.82 Å². The number of rotatable bonds is 5. The molecule has 0 bridgehead atoms. The van der Waals surface area contributed by atoms with Crippen molar-refractivity contribution in [3.05, 3.63) is 51.0 Å². The van der Waals surface area contributed by atoms with E-state index in [2.05, 4.69) is 21.0 Å². The minimum absolute atomic E-state index is 0.356. The Balaban J connectivity index is 2.36. The smallest absolute Gasteiger partial charge is 0.128 e. The fraction of sp³-hybridized carbons (Fsp3) is 0.357. The first-order valence-electron chi connectivity index (χ1n) is 6.46. The number of benzene rings is 1. The van der Waals surface area contributed by atoms with Crippen molar-refractivity contribution < 1.29 is 4.39 Å². The van der Waals surface area contributed by atoms with Gasteiger partial charge in [-0.3, -0.25) is 4.68 Å². The zero-order valence-electron chi connectivity index (χ0n) is 11.9. The van der Waals surface area contributed by atoms with Crippen LogP contribution >= 0.6 is 27.5 Å². The van der Waals surface area contributed by atoms with Crippen molar-refractivity contribution in [2.24, 2.45) is 5.73 Å². The van der Waals surface area contributed by atoms with E-state index >= 15 is 0 Å². The third-order valence-corrected chi connectivity index (χ3v) is 4.03. The Morgan fingerprint density at radius 1 is 1.48 bits per heavy atom. The summed E-state index contributed by atoms with van der Waals surface area (Å²) in [5.74, 6) is -0.376. The van der Waals surface area contributed by atoms with Crippen LogP contribution in [0.1, 0.15) is 17.3 Å². The lowest BCUT2D eigenvalue weighted by Crippen LogP contribution is -2.24. The number of halogens is 3. The molecule has 0 saturated carbocycles. The summed E-state index contributed by atoms with van der Waals surface area (Å²) in [4.78, 5) is 2.05. The fourth-order valence-corrected chi connectivity index (χ4v) is 2.78. The Labute approximate surface area is 136 Å². The summed E-state index contributed by atoms with van der Waals surface area (Å²) >= 11 is 9.37. The molecule has 0 radical (unpaired) electrons. The molecule has 1 unspecified atom stereocenters. The Morgan fingerprint density at radius 2 is 2.19 bits per heavy atom. The molecule has 1 atom stereocenters. The summed E-state index contributed by atoms with van der Waals surface area (Å²) in [6, 6.07) is 3.75. The van der Waals surface area contributed by atoms with Crippen molar-refractivity contribution in [1.82, 2.24) is 14.7 Å². The van der Waals surface area contributed by atoms with Crippen LogP contribution in [0.5, 0.6) is 0 Å². The molecule has 4 nitrogen and oxygen atoms in total. The molecule has 0 fully saturated rings. The standard InChI is InChI=1S/C14H17BrClFN4/c1-20(2)5-6-21-14(11(15)8-19-21)13(18)10-7-9(16)3-4-12(10)17/h3-4,7-8,13H,5-6,18H2,1-2H3. The van der Waals surface area contributed by atoms with Gasteiger partial charge < -0.3 is 10.6 Å². The quantitative estimate of drug-likeness (QED) is 0.874. The van der Waals surface area contributed by atoms with E-state index in [1.165, 1.54) is 12.1 Å². The summed E-state index contributed by atoms with van der Waals surface area (Å²) in [6.45, 7) is 1.48. The lowest BCUT2D eigenvalue weighted by Gasteiger charge is -2.18. The van der Waals surface area contributed by atoms with Crippen LogP contribution in [0.25, 0.3) is 0 Å². The van der Waals surface area contributed by atoms with Gasteiger partial charge in [0.2, 0.25) is 0 Å². The van der Waals surface area contributed by atoms with Gasteiger partial charge in [0.1, 0.15) is 5.82 Å². The molecule has 1 heterocycles. The molecule has 2 rings (SSSR count). The largest absolute Gasteiger partial charge is 0.319 e. The van der Waals surface area contributed by atoms with Gasteiger partial charge in [-0.25, -0.2) is 4.39 Å². The number of hydrogen-bond donors (Lipinski definition) is 1. The molecule has 0 aliphatic carbocycles. The van der Waals surface area contributed by atoms with Crippen molar-refractivity contribution >= 4 is 27.5 Å². The average Bonchev–Trinajstić information content (AvgIpc) is 2.79. The maximum absolute atomic E-state index is 14.0. The predicted octanol–water partition coefficient (Wildman–Crippen LogP) is 3.05. The first kappa shape index (κ1) is 16.4. The molecule has 0 spiro atoms. The molecule has 114 valence electrons. The maximum Gasteiger partial charge on any atom is 0.128 e. The number of hydrogen-bond acceptors (Lipinski definition) is 3. The van der Waals surface area contributed by atoms with Gasteiger partial charge in [-0.2, -0.15) is 5.10 Å². The summed E-state index contributed by atoms with van der Waals surface area (Å²) in [5, 5.41) is 4.75. The van der Waals surface area contributed by atoms with Gasteiger partial charge in [-0.05, 0) is 48.2 Å². The van der Waals surface area contributed by atoms with E-state index in [0.29, 0.717) is 17.1 Å². The predicted molar refractivity (Wildman–Crippen MR) is 85.9 cm³/mol.